The zero-order valence-corrected chi connectivity index (χ0v) is 16.8. The number of fused-ring (bicyclic) bond motifs is 1. The van der Waals surface area contributed by atoms with Crippen LogP contribution in [0.5, 0.6) is 11.5 Å². The molecular formula is C22H23N5O3. The normalized spacial score (nSPS) is 15.5. The highest BCUT2D eigenvalue weighted by Crippen LogP contribution is 2.32. The van der Waals surface area contributed by atoms with E-state index in [4.69, 9.17) is 9.47 Å². The molecule has 0 saturated carbocycles. The summed E-state index contributed by atoms with van der Waals surface area (Å²) in [5.74, 6) is 4.05. The van der Waals surface area contributed by atoms with Crippen LogP contribution in [-0.2, 0) is 11.2 Å². The van der Waals surface area contributed by atoms with Gasteiger partial charge in [0, 0.05) is 44.6 Å². The van der Waals surface area contributed by atoms with Gasteiger partial charge in [-0.2, -0.15) is 0 Å². The van der Waals surface area contributed by atoms with Crippen molar-refractivity contribution in [2.24, 2.45) is 0 Å². The van der Waals surface area contributed by atoms with Crippen LogP contribution in [0.25, 0.3) is 5.82 Å². The summed E-state index contributed by atoms with van der Waals surface area (Å²) in [7, 11) is 0. The van der Waals surface area contributed by atoms with Crippen LogP contribution in [0.1, 0.15) is 11.4 Å². The molecular weight excluding hydrogens is 382 g/mol. The van der Waals surface area contributed by atoms with Crippen molar-refractivity contribution >= 4 is 11.7 Å². The van der Waals surface area contributed by atoms with Gasteiger partial charge < -0.3 is 23.8 Å². The summed E-state index contributed by atoms with van der Waals surface area (Å²) in [6.07, 6.45) is 4.30. The molecule has 0 unspecified atom stereocenters. The minimum absolute atomic E-state index is 0.125. The molecule has 154 valence electrons. The third-order valence-corrected chi connectivity index (χ3v) is 5.43. The van der Waals surface area contributed by atoms with Gasteiger partial charge in [-0.3, -0.25) is 4.79 Å². The van der Waals surface area contributed by atoms with Crippen molar-refractivity contribution in [3.63, 3.8) is 0 Å². The number of rotatable bonds is 4. The maximum Gasteiger partial charge on any atom is 0.231 e. The molecule has 0 bridgehead atoms. The van der Waals surface area contributed by atoms with E-state index >= 15 is 0 Å². The predicted molar refractivity (Wildman–Crippen MR) is 111 cm³/mol. The van der Waals surface area contributed by atoms with Crippen molar-refractivity contribution < 1.29 is 14.3 Å². The van der Waals surface area contributed by atoms with E-state index < -0.39 is 0 Å². The van der Waals surface area contributed by atoms with E-state index in [-0.39, 0.29) is 12.7 Å². The Morgan fingerprint density at radius 3 is 2.50 bits per heavy atom. The first-order chi connectivity index (χ1) is 14.7. The number of hydrogen-bond donors (Lipinski definition) is 0. The van der Waals surface area contributed by atoms with Crippen LogP contribution in [0.4, 0.5) is 5.82 Å². The van der Waals surface area contributed by atoms with Crippen LogP contribution in [0, 0.1) is 6.92 Å². The Bertz CT molecular complexity index is 1060. The second-order valence-corrected chi connectivity index (χ2v) is 7.45. The van der Waals surface area contributed by atoms with E-state index in [0.717, 1.165) is 41.9 Å². The zero-order chi connectivity index (χ0) is 20.5. The van der Waals surface area contributed by atoms with E-state index in [1.807, 2.05) is 65.2 Å². The molecule has 1 amide bonds. The Hall–Kier alpha value is -3.55. The van der Waals surface area contributed by atoms with Gasteiger partial charge in [0.05, 0.1) is 6.42 Å². The van der Waals surface area contributed by atoms with Gasteiger partial charge in [-0.1, -0.05) is 6.07 Å². The van der Waals surface area contributed by atoms with Crippen molar-refractivity contribution in [1.29, 1.82) is 0 Å². The molecule has 4 heterocycles. The summed E-state index contributed by atoms with van der Waals surface area (Å²) in [4.78, 5) is 26.1. The fraction of sp³-hybridized carbons (Fsp3) is 0.318. The van der Waals surface area contributed by atoms with Crippen LogP contribution >= 0.6 is 0 Å². The molecule has 8 nitrogen and oxygen atoms in total. The number of hydrogen-bond acceptors (Lipinski definition) is 6. The van der Waals surface area contributed by atoms with Gasteiger partial charge in [0.25, 0.3) is 0 Å². The van der Waals surface area contributed by atoms with Gasteiger partial charge in [0.2, 0.25) is 12.7 Å². The number of aromatic nitrogens is 3. The lowest BCUT2D eigenvalue weighted by Crippen LogP contribution is -2.49. The Kier molecular flexibility index (Phi) is 4.74. The van der Waals surface area contributed by atoms with Crippen LogP contribution in [0.3, 0.4) is 0 Å². The lowest BCUT2D eigenvalue weighted by Gasteiger charge is -2.35. The van der Waals surface area contributed by atoms with Crippen molar-refractivity contribution in [2.45, 2.75) is 13.3 Å². The third kappa shape index (κ3) is 3.68. The predicted octanol–water partition coefficient (Wildman–Crippen LogP) is 2.20. The highest BCUT2D eigenvalue weighted by Gasteiger charge is 2.23. The van der Waals surface area contributed by atoms with E-state index in [0.29, 0.717) is 25.3 Å². The lowest BCUT2D eigenvalue weighted by molar-refractivity contribution is -0.130. The number of carbonyl (C=O) groups is 1. The average molecular weight is 405 g/mol. The first-order valence-electron chi connectivity index (χ1n) is 10.1. The quantitative estimate of drug-likeness (QED) is 0.663. The fourth-order valence-corrected chi connectivity index (χ4v) is 3.84. The van der Waals surface area contributed by atoms with Crippen molar-refractivity contribution in [1.82, 2.24) is 19.4 Å². The zero-order valence-electron chi connectivity index (χ0n) is 16.8. The SMILES string of the molecule is Cc1nc(N2CCN(C(=O)Cc3ccc4c(c3)OCO4)CC2)cc(-n2cccc2)n1. The lowest BCUT2D eigenvalue weighted by atomic mass is 10.1. The molecule has 3 aromatic rings. The standard InChI is InChI=1S/C22H23N5O3/c1-16-23-20(25-6-2-3-7-25)14-21(24-16)26-8-10-27(11-9-26)22(28)13-17-4-5-18-19(12-17)30-15-29-18/h2-7,12,14H,8-11,13,15H2,1H3. The molecule has 0 aliphatic carbocycles. The molecule has 1 aromatic carbocycles. The minimum atomic E-state index is 0.125. The summed E-state index contributed by atoms with van der Waals surface area (Å²) in [6, 6.07) is 11.6. The maximum absolute atomic E-state index is 12.8. The summed E-state index contributed by atoms with van der Waals surface area (Å²) >= 11 is 0. The van der Waals surface area contributed by atoms with Crippen LogP contribution in [0.15, 0.2) is 48.8 Å². The highest BCUT2D eigenvalue weighted by molar-refractivity contribution is 5.79. The molecule has 2 aliphatic heterocycles. The van der Waals surface area contributed by atoms with Crippen molar-refractivity contribution in [2.75, 3.05) is 37.9 Å². The van der Waals surface area contributed by atoms with E-state index in [2.05, 4.69) is 14.9 Å². The molecule has 2 aliphatic rings. The summed E-state index contributed by atoms with van der Waals surface area (Å²) in [5.41, 5.74) is 0.939. The number of piperazine rings is 1. The summed E-state index contributed by atoms with van der Waals surface area (Å²) < 4.78 is 12.7. The molecule has 0 N–H and O–H groups in total. The Labute approximate surface area is 174 Å². The van der Waals surface area contributed by atoms with Gasteiger partial charge in [-0.25, -0.2) is 9.97 Å². The van der Waals surface area contributed by atoms with Gasteiger partial charge >= 0.3 is 0 Å². The summed E-state index contributed by atoms with van der Waals surface area (Å²) in [6.45, 7) is 4.98. The first kappa shape index (κ1) is 18.5. The van der Waals surface area contributed by atoms with Gasteiger partial charge in [-0.05, 0) is 36.8 Å². The number of benzene rings is 1. The van der Waals surface area contributed by atoms with Crippen LogP contribution in [-0.4, -0.2) is 58.3 Å². The second kappa shape index (κ2) is 7.70. The maximum atomic E-state index is 12.8. The Morgan fingerprint density at radius 1 is 0.967 bits per heavy atom. The van der Waals surface area contributed by atoms with Gasteiger partial charge in [-0.15, -0.1) is 0 Å². The second-order valence-electron chi connectivity index (χ2n) is 7.45. The molecule has 0 spiro atoms. The molecule has 5 rings (SSSR count). The number of anilines is 1. The molecule has 30 heavy (non-hydrogen) atoms. The van der Waals surface area contributed by atoms with E-state index in [9.17, 15) is 4.79 Å². The largest absolute Gasteiger partial charge is 0.454 e. The first-order valence-corrected chi connectivity index (χ1v) is 10.1. The molecule has 1 fully saturated rings. The van der Waals surface area contributed by atoms with Gasteiger partial charge in [0.15, 0.2) is 11.5 Å². The highest BCUT2D eigenvalue weighted by atomic mass is 16.7. The third-order valence-electron chi connectivity index (χ3n) is 5.43. The minimum Gasteiger partial charge on any atom is -0.454 e. The number of aryl methyl sites for hydroxylation is 1. The number of nitrogens with zero attached hydrogens (tertiary/aromatic N) is 5. The monoisotopic (exact) mass is 405 g/mol. The molecule has 2 aromatic heterocycles. The van der Waals surface area contributed by atoms with E-state index in [1.165, 1.54) is 0 Å². The van der Waals surface area contributed by atoms with Gasteiger partial charge in [0.1, 0.15) is 17.5 Å². The fourth-order valence-electron chi connectivity index (χ4n) is 3.84. The number of carbonyl (C=O) groups excluding carboxylic acids is 1. The average Bonchev–Trinajstić information content (AvgIpc) is 3.45. The Morgan fingerprint density at radius 2 is 1.70 bits per heavy atom. The van der Waals surface area contributed by atoms with E-state index in [1.54, 1.807) is 0 Å². The Balaban J connectivity index is 1.23. The number of amides is 1. The van der Waals surface area contributed by atoms with Crippen LogP contribution < -0.4 is 14.4 Å². The molecule has 0 radical (unpaired) electrons. The smallest absolute Gasteiger partial charge is 0.231 e. The molecule has 8 heteroatoms. The molecule has 0 atom stereocenters. The topological polar surface area (TPSA) is 72.7 Å². The number of ether oxygens (including phenoxy) is 2. The molecule has 1 saturated heterocycles. The van der Waals surface area contributed by atoms with Crippen molar-refractivity contribution in [3.05, 3.63) is 60.2 Å². The summed E-state index contributed by atoms with van der Waals surface area (Å²) in [5, 5.41) is 0. The van der Waals surface area contributed by atoms with Crippen LogP contribution in [0.2, 0.25) is 0 Å². The van der Waals surface area contributed by atoms with Crippen molar-refractivity contribution in [3.8, 4) is 17.3 Å².